The Hall–Kier alpha value is -2.90. The molecule has 1 aliphatic rings. The maximum Gasteiger partial charge on any atom is 0.338 e. The van der Waals surface area contributed by atoms with E-state index in [2.05, 4.69) is 5.10 Å². The number of rotatable bonds is 4. The molecule has 1 aromatic heterocycles. The normalized spacial score (nSPS) is 15.2. The Morgan fingerprint density at radius 1 is 1.32 bits per heavy atom. The second kappa shape index (κ2) is 6.92. The molecule has 0 radical (unpaired) electrons. The molecule has 0 spiro atoms. The van der Waals surface area contributed by atoms with E-state index >= 15 is 0 Å². The standard InChI is InChI=1S/C17H18FN3O4/c1-25-15-3-2-12(18)8-14(15)16(22)20-6-4-13(5-7-20)21-10-11(9-19-21)17(23)24/h2-3,8-10,13H,4-7H2,1H3,(H,23,24). The van der Waals surface area contributed by atoms with Gasteiger partial charge in [-0.1, -0.05) is 0 Å². The number of ether oxygens (including phenoxy) is 1. The summed E-state index contributed by atoms with van der Waals surface area (Å²) in [4.78, 5) is 25.2. The lowest BCUT2D eigenvalue weighted by molar-refractivity contribution is 0.0684. The molecule has 3 rings (SSSR count). The second-order valence-electron chi connectivity index (χ2n) is 5.88. The third kappa shape index (κ3) is 3.47. The van der Waals surface area contributed by atoms with Crippen LogP contribution in [0.5, 0.6) is 5.75 Å². The number of carbonyl (C=O) groups is 2. The summed E-state index contributed by atoms with van der Waals surface area (Å²) in [5.74, 6) is -1.44. The van der Waals surface area contributed by atoms with Crippen LogP contribution in [0.4, 0.5) is 4.39 Å². The van der Waals surface area contributed by atoms with E-state index in [0.29, 0.717) is 31.7 Å². The van der Waals surface area contributed by atoms with Crippen LogP contribution in [0.15, 0.2) is 30.6 Å². The van der Waals surface area contributed by atoms with Gasteiger partial charge in [0.15, 0.2) is 0 Å². The van der Waals surface area contributed by atoms with Gasteiger partial charge < -0.3 is 14.7 Å². The predicted molar refractivity (Wildman–Crippen MR) is 86.3 cm³/mol. The van der Waals surface area contributed by atoms with E-state index in [0.717, 1.165) is 0 Å². The molecular weight excluding hydrogens is 329 g/mol. The summed E-state index contributed by atoms with van der Waals surface area (Å²) >= 11 is 0. The molecule has 2 aromatic rings. The maximum absolute atomic E-state index is 13.5. The fraction of sp³-hybridized carbons (Fsp3) is 0.353. The highest BCUT2D eigenvalue weighted by molar-refractivity contribution is 5.97. The predicted octanol–water partition coefficient (Wildman–Crippen LogP) is 2.21. The minimum absolute atomic E-state index is 0.0338. The number of benzene rings is 1. The lowest BCUT2D eigenvalue weighted by Gasteiger charge is -2.32. The van der Waals surface area contributed by atoms with Crippen LogP contribution >= 0.6 is 0 Å². The number of carboxylic acid groups (broad SMARTS) is 1. The summed E-state index contributed by atoms with van der Waals surface area (Å²) in [6.45, 7) is 0.955. The molecule has 2 heterocycles. The molecule has 1 fully saturated rings. The Labute approximate surface area is 143 Å². The van der Waals surface area contributed by atoms with Crippen molar-refractivity contribution in [3.05, 3.63) is 47.5 Å². The zero-order valence-corrected chi connectivity index (χ0v) is 13.7. The van der Waals surface area contributed by atoms with Crippen LogP contribution in [-0.4, -0.2) is 51.9 Å². The van der Waals surface area contributed by atoms with Crippen LogP contribution in [-0.2, 0) is 0 Å². The minimum atomic E-state index is -1.02. The first-order chi connectivity index (χ1) is 12.0. The number of likely N-dealkylation sites (tertiary alicyclic amines) is 1. The molecule has 1 N–H and O–H groups in total. The lowest BCUT2D eigenvalue weighted by atomic mass is 10.0. The summed E-state index contributed by atoms with van der Waals surface area (Å²) in [5.41, 5.74) is 0.344. The maximum atomic E-state index is 13.5. The Balaban J connectivity index is 1.68. The van der Waals surface area contributed by atoms with Crippen LogP contribution in [0.2, 0.25) is 0 Å². The molecule has 132 valence electrons. The third-order valence-electron chi connectivity index (χ3n) is 4.37. The van der Waals surface area contributed by atoms with Gasteiger partial charge >= 0.3 is 5.97 Å². The molecule has 1 amide bonds. The first-order valence-corrected chi connectivity index (χ1v) is 7.90. The molecule has 7 nitrogen and oxygen atoms in total. The summed E-state index contributed by atoms with van der Waals surface area (Å²) in [7, 11) is 1.44. The molecule has 0 bridgehead atoms. The SMILES string of the molecule is COc1ccc(F)cc1C(=O)N1CCC(n2cc(C(=O)O)cn2)CC1. The molecule has 1 aliphatic heterocycles. The number of hydrogen-bond donors (Lipinski definition) is 1. The van der Waals surface area contributed by atoms with Gasteiger partial charge in [-0.2, -0.15) is 5.10 Å². The van der Waals surface area contributed by atoms with Crippen molar-refractivity contribution in [3.63, 3.8) is 0 Å². The van der Waals surface area contributed by atoms with Crippen molar-refractivity contribution in [2.75, 3.05) is 20.2 Å². The van der Waals surface area contributed by atoms with E-state index in [1.54, 1.807) is 9.58 Å². The van der Waals surface area contributed by atoms with Gasteiger partial charge in [-0.15, -0.1) is 0 Å². The molecule has 1 aromatic carbocycles. The average Bonchev–Trinajstić information content (AvgIpc) is 3.11. The van der Waals surface area contributed by atoms with Crippen LogP contribution in [0.25, 0.3) is 0 Å². The second-order valence-corrected chi connectivity index (χ2v) is 5.88. The molecule has 0 atom stereocenters. The number of carboxylic acids is 1. The quantitative estimate of drug-likeness (QED) is 0.917. The fourth-order valence-electron chi connectivity index (χ4n) is 3.00. The van der Waals surface area contributed by atoms with Crippen LogP contribution in [0, 0.1) is 5.82 Å². The van der Waals surface area contributed by atoms with Crippen LogP contribution < -0.4 is 4.74 Å². The van der Waals surface area contributed by atoms with Crippen LogP contribution in [0.1, 0.15) is 39.6 Å². The van der Waals surface area contributed by atoms with Gasteiger partial charge in [0, 0.05) is 19.3 Å². The van der Waals surface area contributed by atoms with E-state index in [1.807, 2.05) is 0 Å². The van der Waals surface area contributed by atoms with E-state index in [9.17, 15) is 14.0 Å². The highest BCUT2D eigenvalue weighted by atomic mass is 19.1. The van der Waals surface area contributed by atoms with E-state index in [-0.39, 0.29) is 23.1 Å². The monoisotopic (exact) mass is 347 g/mol. The highest BCUT2D eigenvalue weighted by Gasteiger charge is 2.27. The van der Waals surface area contributed by atoms with Crippen molar-refractivity contribution in [3.8, 4) is 5.75 Å². The number of aromatic nitrogens is 2. The van der Waals surface area contributed by atoms with E-state index < -0.39 is 11.8 Å². The largest absolute Gasteiger partial charge is 0.496 e. The van der Waals surface area contributed by atoms with Crippen molar-refractivity contribution in [2.45, 2.75) is 18.9 Å². The average molecular weight is 347 g/mol. The van der Waals surface area contributed by atoms with Gasteiger partial charge in [0.1, 0.15) is 11.6 Å². The van der Waals surface area contributed by atoms with Gasteiger partial charge in [-0.3, -0.25) is 9.48 Å². The molecule has 0 saturated carbocycles. The van der Waals surface area contributed by atoms with Gasteiger partial charge in [-0.25, -0.2) is 9.18 Å². The number of carbonyl (C=O) groups excluding carboxylic acids is 1. The third-order valence-corrected chi connectivity index (χ3v) is 4.37. The number of halogens is 1. The molecule has 1 saturated heterocycles. The van der Waals surface area contributed by atoms with Crippen molar-refractivity contribution >= 4 is 11.9 Å². The molecule has 25 heavy (non-hydrogen) atoms. The Kier molecular flexibility index (Phi) is 4.69. The van der Waals surface area contributed by atoms with Gasteiger partial charge in [0.25, 0.3) is 5.91 Å². The molecule has 8 heteroatoms. The smallest absolute Gasteiger partial charge is 0.338 e. The molecule has 0 unspecified atom stereocenters. The van der Waals surface area contributed by atoms with Crippen molar-refractivity contribution in [1.82, 2.24) is 14.7 Å². The number of hydrogen-bond acceptors (Lipinski definition) is 4. The lowest BCUT2D eigenvalue weighted by Crippen LogP contribution is -2.39. The fourth-order valence-corrected chi connectivity index (χ4v) is 3.00. The zero-order chi connectivity index (χ0) is 18.0. The van der Waals surface area contributed by atoms with Gasteiger partial charge in [-0.05, 0) is 31.0 Å². The Morgan fingerprint density at radius 3 is 2.64 bits per heavy atom. The van der Waals surface area contributed by atoms with E-state index in [4.69, 9.17) is 9.84 Å². The highest BCUT2D eigenvalue weighted by Crippen LogP contribution is 2.26. The number of aromatic carboxylic acids is 1. The minimum Gasteiger partial charge on any atom is -0.496 e. The number of methoxy groups -OCH3 is 1. The summed E-state index contributed by atoms with van der Waals surface area (Å²) in [6.07, 6.45) is 4.10. The van der Waals surface area contributed by atoms with E-state index in [1.165, 1.54) is 37.7 Å². The molecule has 0 aliphatic carbocycles. The first-order valence-electron chi connectivity index (χ1n) is 7.90. The first kappa shape index (κ1) is 16.9. The van der Waals surface area contributed by atoms with Crippen LogP contribution in [0.3, 0.4) is 0 Å². The zero-order valence-electron chi connectivity index (χ0n) is 13.7. The molecular formula is C17H18FN3O4. The van der Waals surface area contributed by atoms with Gasteiger partial charge in [0.2, 0.25) is 0 Å². The number of amides is 1. The summed E-state index contributed by atoms with van der Waals surface area (Å²) in [6, 6.07) is 3.90. The van der Waals surface area contributed by atoms with Crippen molar-refractivity contribution in [1.29, 1.82) is 0 Å². The Bertz CT molecular complexity index is 797. The van der Waals surface area contributed by atoms with Crippen molar-refractivity contribution < 1.29 is 23.8 Å². The summed E-state index contributed by atoms with van der Waals surface area (Å²) < 4.78 is 20.3. The van der Waals surface area contributed by atoms with Gasteiger partial charge in [0.05, 0.1) is 30.5 Å². The Morgan fingerprint density at radius 2 is 2.04 bits per heavy atom. The topological polar surface area (TPSA) is 84.7 Å². The summed E-state index contributed by atoms with van der Waals surface area (Å²) in [5, 5.41) is 13.1. The van der Waals surface area contributed by atoms with Crippen molar-refractivity contribution in [2.24, 2.45) is 0 Å². The number of nitrogens with zero attached hydrogens (tertiary/aromatic N) is 3. The number of piperidine rings is 1.